The maximum absolute atomic E-state index is 13.3. The van der Waals surface area contributed by atoms with Crippen LogP contribution in [0.1, 0.15) is 25.7 Å². The van der Waals surface area contributed by atoms with Gasteiger partial charge in [0.15, 0.2) is 0 Å². The van der Waals surface area contributed by atoms with E-state index in [0.717, 1.165) is 25.3 Å². The van der Waals surface area contributed by atoms with Gasteiger partial charge in [0.2, 0.25) is 0 Å². The van der Waals surface area contributed by atoms with E-state index in [4.69, 9.17) is 0 Å². The average Bonchev–Trinajstić information content (AvgIpc) is 2.40. The van der Waals surface area contributed by atoms with Gasteiger partial charge in [-0.15, -0.1) is 0 Å². The highest BCUT2D eigenvalue weighted by atomic mass is 19.1. The lowest BCUT2D eigenvalue weighted by Gasteiger charge is -2.25. The first-order valence-electron chi connectivity index (χ1n) is 6.72. The summed E-state index contributed by atoms with van der Waals surface area (Å²) in [6, 6.07) is 2.44. The Hall–Kier alpha value is -1.69. The Kier molecular flexibility index (Phi) is 4.89. The number of benzene rings is 1. The molecule has 0 aliphatic heterocycles. The first-order chi connectivity index (χ1) is 9.54. The number of nitrogens with one attached hydrogen (secondary N) is 2. The molecule has 2 rings (SSSR count). The van der Waals surface area contributed by atoms with Crippen LogP contribution >= 0.6 is 0 Å². The summed E-state index contributed by atoms with van der Waals surface area (Å²) in [4.78, 5) is 11.6. The van der Waals surface area contributed by atoms with E-state index in [1.165, 1.54) is 6.07 Å². The number of hydrogen-bond acceptors (Lipinski definition) is 2. The van der Waals surface area contributed by atoms with Crippen LogP contribution in [0.2, 0.25) is 0 Å². The molecule has 1 saturated carbocycles. The smallest absolute Gasteiger partial charge is 0.319 e. The third-order valence-electron chi connectivity index (χ3n) is 3.49. The van der Waals surface area contributed by atoms with Crippen molar-refractivity contribution in [1.82, 2.24) is 5.32 Å². The number of aliphatic hydroxyl groups is 1. The van der Waals surface area contributed by atoms with Gasteiger partial charge >= 0.3 is 6.03 Å². The van der Waals surface area contributed by atoms with Crippen molar-refractivity contribution in [2.24, 2.45) is 5.92 Å². The first kappa shape index (κ1) is 14.7. The molecular formula is C14H18F2N2O2. The van der Waals surface area contributed by atoms with E-state index in [1.54, 1.807) is 0 Å². The Bertz CT molecular complexity index is 482. The highest BCUT2D eigenvalue weighted by Crippen LogP contribution is 2.23. The molecule has 4 nitrogen and oxygen atoms in total. The predicted molar refractivity (Wildman–Crippen MR) is 71.3 cm³/mol. The van der Waals surface area contributed by atoms with Crippen LogP contribution in [0.3, 0.4) is 0 Å². The lowest BCUT2D eigenvalue weighted by Crippen LogP contribution is -2.35. The van der Waals surface area contributed by atoms with Crippen molar-refractivity contribution < 1.29 is 18.7 Å². The lowest BCUT2D eigenvalue weighted by molar-refractivity contribution is 0.101. The molecule has 2 atom stereocenters. The van der Waals surface area contributed by atoms with Crippen LogP contribution in [0.15, 0.2) is 18.2 Å². The van der Waals surface area contributed by atoms with Gasteiger partial charge < -0.3 is 15.7 Å². The van der Waals surface area contributed by atoms with Gasteiger partial charge in [0.25, 0.3) is 0 Å². The molecule has 0 spiro atoms. The van der Waals surface area contributed by atoms with Crippen LogP contribution in [0, 0.1) is 17.6 Å². The summed E-state index contributed by atoms with van der Waals surface area (Å²) in [5.41, 5.74) is -0.0624. The summed E-state index contributed by atoms with van der Waals surface area (Å²) >= 11 is 0. The normalized spacial score (nSPS) is 22.4. The number of urea groups is 1. The van der Waals surface area contributed by atoms with Crippen molar-refractivity contribution in [2.45, 2.75) is 31.8 Å². The van der Waals surface area contributed by atoms with Gasteiger partial charge in [0.1, 0.15) is 11.6 Å². The van der Waals surface area contributed by atoms with Crippen LogP contribution in [0.4, 0.5) is 19.3 Å². The number of anilines is 1. The van der Waals surface area contributed by atoms with Gasteiger partial charge in [0.05, 0.1) is 11.8 Å². The zero-order valence-corrected chi connectivity index (χ0v) is 11.0. The monoisotopic (exact) mass is 284 g/mol. The number of halogens is 2. The molecule has 2 amide bonds. The summed E-state index contributed by atoms with van der Waals surface area (Å²) in [6.07, 6.45) is 3.09. The fourth-order valence-electron chi connectivity index (χ4n) is 2.44. The Morgan fingerprint density at radius 1 is 1.35 bits per heavy atom. The van der Waals surface area contributed by atoms with E-state index < -0.39 is 17.7 Å². The van der Waals surface area contributed by atoms with Crippen molar-refractivity contribution >= 4 is 11.7 Å². The topological polar surface area (TPSA) is 61.4 Å². The van der Waals surface area contributed by atoms with Gasteiger partial charge in [0, 0.05) is 12.6 Å². The van der Waals surface area contributed by atoms with Gasteiger partial charge in [-0.1, -0.05) is 6.42 Å². The summed E-state index contributed by atoms with van der Waals surface area (Å²) < 4.78 is 26.1. The van der Waals surface area contributed by atoms with Crippen molar-refractivity contribution in [3.05, 3.63) is 29.8 Å². The molecule has 1 aromatic carbocycles. The minimum Gasteiger partial charge on any atom is -0.393 e. The largest absolute Gasteiger partial charge is 0.393 e. The van der Waals surface area contributed by atoms with E-state index >= 15 is 0 Å². The Labute approximate surface area is 116 Å². The van der Waals surface area contributed by atoms with E-state index in [-0.39, 0.29) is 17.7 Å². The van der Waals surface area contributed by atoms with Crippen LogP contribution in [0.5, 0.6) is 0 Å². The minimum absolute atomic E-state index is 0.0624. The standard InChI is InChI=1S/C14H18F2N2O2/c15-10-4-5-13(12(16)7-10)18-14(20)17-8-9-2-1-3-11(19)6-9/h4-5,7,9,11,19H,1-3,6,8H2,(H2,17,18,20). The molecule has 1 aromatic rings. The van der Waals surface area contributed by atoms with Gasteiger partial charge in [-0.3, -0.25) is 0 Å². The molecule has 0 aromatic heterocycles. The third kappa shape index (κ3) is 4.16. The predicted octanol–water partition coefficient (Wildman–Crippen LogP) is 2.64. The van der Waals surface area contributed by atoms with Crippen molar-refractivity contribution in [3.63, 3.8) is 0 Å². The first-order valence-corrected chi connectivity index (χ1v) is 6.72. The molecule has 110 valence electrons. The van der Waals surface area contributed by atoms with Crippen LogP contribution in [-0.4, -0.2) is 23.8 Å². The van der Waals surface area contributed by atoms with Crippen molar-refractivity contribution in [2.75, 3.05) is 11.9 Å². The number of hydrogen-bond donors (Lipinski definition) is 3. The third-order valence-corrected chi connectivity index (χ3v) is 3.49. The SMILES string of the molecule is O=C(NCC1CCCC(O)C1)Nc1ccc(F)cc1F. The number of amides is 2. The second-order valence-corrected chi connectivity index (χ2v) is 5.15. The van der Waals surface area contributed by atoms with E-state index in [1.807, 2.05) is 0 Å². The molecule has 1 aliphatic carbocycles. The molecule has 20 heavy (non-hydrogen) atoms. The molecular weight excluding hydrogens is 266 g/mol. The molecule has 6 heteroatoms. The highest BCUT2D eigenvalue weighted by molar-refractivity contribution is 5.89. The van der Waals surface area contributed by atoms with Gasteiger partial charge in [-0.05, 0) is 37.3 Å². The quantitative estimate of drug-likeness (QED) is 0.799. The second kappa shape index (κ2) is 6.65. The number of carbonyl (C=O) groups excluding carboxylic acids is 1. The summed E-state index contributed by atoms with van der Waals surface area (Å²) in [5, 5.41) is 14.5. The number of carbonyl (C=O) groups is 1. The maximum Gasteiger partial charge on any atom is 0.319 e. The molecule has 0 radical (unpaired) electrons. The molecule has 1 aliphatic rings. The molecule has 0 saturated heterocycles. The van der Waals surface area contributed by atoms with Crippen LogP contribution in [-0.2, 0) is 0 Å². The van der Waals surface area contributed by atoms with Gasteiger partial charge in [-0.2, -0.15) is 0 Å². The molecule has 0 heterocycles. The molecule has 3 N–H and O–H groups in total. The minimum atomic E-state index is -0.812. The Morgan fingerprint density at radius 2 is 2.15 bits per heavy atom. The summed E-state index contributed by atoms with van der Waals surface area (Å²) in [6.45, 7) is 0.436. The number of rotatable bonds is 3. The fraction of sp³-hybridized carbons (Fsp3) is 0.500. The fourth-order valence-corrected chi connectivity index (χ4v) is 2.44. The van der Waals surface area contributed by atoms with Gasteiger partial charge in [-0.25, -0.2) is 13.6 Å². The van der Waals surface area contributed by atoms with E-state index in [0.29, 0.717) is 19.0 Å². The Morgan fingerprint density at radius 3 is 2.85 bits per heavy atom. The summed E-state index contributed by atoms with van der Waals surface area (Å²) in [7, 11) is 0. The molecule has 2 unspecified atom stereocenters. The highest BCUT2D eigenvalue weighted by Gasteiger charge is 2.20. The number of aliphatic hydroxyl groups excluding tert-OH is 1. The van der Waals surface area contributed by atoms with Crippen molar-refractivity contribution in [3.8, 4) is 0 Å². The van der Waals surface area contributed by atoms with E-state index in [2.05, 4.69) is 10.6 Å². The summed E-state index contributed by atoms with van der Waals surface area (Å²) in [5.74, 6) is -1.26. The second-order valence-electron chi connectivity index (χ2n) is 5.15. The van der Waals surface area contributed by atoms with E-state index in [9.17, 15) is 18.7 Å². The zero-order chi connectivity index (χ0) is 14.5. The molecule has 0 bridgehead atoms. The van der Waals surface area contributed by atoms with Crippen molar-refractivity contribution in [1.29, 1.82) is 0 Å². The molecule has 1 fully saturated rings. The lowest BCUT2D eigenvalue weighted by atomic mass is 9.87. The maximum atomic E-state index is 13.3. The average molecular weight is 284 g/mol. The van der Waals surface area contributed by atoms with Crippen LogP contribution in [0.25, 0.3) is 0 Å². The zero-order valence-electron chi connectivity index (χ0n) is 11.0. The van der Waals surface area contributed by atoms with Crippen LogP contribution < -0.4 is 10.6 Å². The Balaban J connectivity index is 1.80.